The summed E-state index contributed by atoms with van der Waals surface area (Å²) in [5.74, 6) is 0. The van der Waals surface area contributed by atoms with Crippen LogP contribution in [0, 0.1) is 0 Å². The number of alkyl halides is 1. The monoisotopic (exact) mass is 193 g/mol. The van der Waals surface area contributed by atoms with E-state index in [1.54, 1.807) is 0 Å². The molecule has 0 spiro atoms. The quantitative estimate of drug-likeness (QED) is 0.619. The van der Waals surface area contributed by atoms with Crippen LogP contribution < -0.4 is 0 Å². The minimum absolute atomic E-state index is 0.659. The van der Waals surface area contributed by atoms with Crippen molar-refractivity contribution >= 4 is 15.9 Å². The lowest BCUT2D eigenvalue weighted by Crippen LogP contribution is -2.20. The minimum Gasteiger partial charge on any atom is -0.307 e. The Morgan fingerprint density at radius 3 is 2.44 bits per heavy atom. The van der Waals surface area contributed by atoms with Gasteiger partial charge in [-0.2, -0.15) is 0 Å². The molecule has 1 unspecified atom stereocenters. The molecule has 0 aromatic rings. The largest absolute Gasteiger partial charge is 0.307 e. The summed E-state index contributed by atoms with van der Waals surface area (Å²) in [6.07, 6.45) is 1.24. The van der Waals surface area contributed by atoms with Crippen molar-refractivity contribution < 1.29 is 0 Å². The molecule has 0 aromatic heterocycles. The van der Waals surface area contributed by atoms with Crippen molar-refractivity contribution in [3.05, 3.63) is 0 Å². The topological polar surface area (TPSA) is 3.24 Å². The van der Waals surface area contributed by atoms with E-state index < -0.39 is 0 Å². The highest BCUT2D eigenvalue weighted by Gasteiger charge is 1.97. The summed E-state index contributed by atoms with van der Waals surface area (Å²) in [6.45, 7) is 6.71. The van der Waals surface area contributed by atoms with Crippen molar-refractivity contribution in [1.82, 2.24) is 4.90 Å². The molecule has 0 saturated carbocycles. The predicted octanol–water partition coefficient (Wildman–Crippen LogP) is 2.11. The number of hydrogen-bond donors (Lipinski definition) is 0. The van der Waals surface area contributed by atoms with Crippen LogP contribution in [-0.4, -0.2) is 29.9 Å². The van der Waals surface area contributed by atoms with E-state index in [0.29, 0.717) is 4.83 Å². The Labute approximate surface area is 66.6 Å². The molecule has 1 nitrogen and oxygen atoms in total. The molecule has 0 aliphatic heterocycles. The van der Waals surface area contributed by atoms with Gasteiger partial charge in [0.2, 0.25) is 0 Å². The Hall–Kier alpha value is 0.440. The molecular formula is C7H16BrN. The molecule has 0 amide bonds. The van der Waals surface area contributed by atoms with Crippen molar-refractivity contribution in [3.63, 3.8) is 0 Å². The van der Waals surface area contributed by atoms with E-state index >= 15 is 0 Å². The molecule has 2 heteroatoms. The number of rotatable bonds is 4. The summed E-state index contributed by atoms with van der Waals surface area (Å²) in [4.78, 5) is 2.98. The van der Waals surface area contributed by atoms with Gasteiger partial charge in [0.25, 0.3) is 0 Å². The second-order valence-corrected chi connectivity index (χ2v) is 4.03. The summed E-state index contributed by atoms with van der Waals surface area (Å²) in [7, 11) is 2.15. The van der Waals surface area contributed by atoms with Crippen LogP contribution in [0.1, 0.15) is 20.3 Å². The summed E-state index contributed by atoms with van der Waals surface area (Å²) < 4.78 is 0. The van der Waals surface area contributed by atoms with Crippen LogP contribution in [0.5, 0.6) is 0 Å². The molecule has 56 valence electrons. The van der Waals surface area contributed by atoms with E-state index in [1.165, 1.54) is 13.0 Å². The summed E-state index contributed by atoms with van der Waals surface area (Å²) in [5, 5.41) is 0. The zero-order chi connectivity index (χ0) is 7.28. The molecule has 0 saturated heterocycles. The average molecular weight is 194 g/mol. The van der Waals surface area contributed by atoms with Gasteiger partial charge in [0, 0.05) is 4.83 Å². The lowest BCUT2D eigenvalue weighted by atomic mass is 10.3. The normalized spacial score (nSPS) is 14.3. The molecule has 0 aliphatic rings. The van der Waals surface area contributed by atoms with Gasteiger partial charge in [-0.1, -0.05) is 29.8 Å². The molecule has 0 N–H and O–H groups in total. The molecular weight excluding hydrogens is 178 g/mol. The third-order valence-corrected chi connectivity index (χ3v) is 1.91. The first-order valence-corrected chi connectivity index (χ1v) is 4.41. The highest BCUT2D eigenvalue weighted by Crippen LogP contribution is 2.02. The van der Waals surface area contributed by atoms with Gasteiger partial charge in [-0.25, -0.2) is 0 Å². The van der Waals surface area contributed by atoms with E-state index in [1.807, 2.05) is 0 Å². The number of hydrogen-bond acceptors (Lipinski definition) is 1. The summed E-state index contributed by atoms with van der Waals surface area (Å²) >= 11 is 3.51. The van der Waals surface area contributed by atoms with Gasteiger partial charge < -0.3 is 4.90 Å². The standard InChI is InChI=1S/C7H16BrN/c1-4-9(3)6-5-7(2)8/h7H,4-6H2,1-3H3. The van der Waals surface area contributed by atoms with Gasteiger partial charge in [0.1, 0.15) is 0 Å². The first-order valence-electron chi connectivity index (χ1n) is 3.49. The zero-order valence-corrected chi connectivity index (χ0v) is 8.11. The zero-order valence-electron chi connectivity index (χ0n) is 6.52. The molecule has 0 bridgehead atoms. The molecule has 9 heavy (non-hydrogen) atoms. The van der Waals surface area contributed by atoms with Gasteiger partial charge in [0.05, 0.1) is 0 Å². The molecule has 0 rings (SSSR count). The van der Waals surface area contributed by atoms with Gasteiger partial charge in [-0.05, 0) is 26.6 Å². The Morgan fingerprint density at radius 2 is 2.11 bits per heavy atom. The maximum absolute atomic E-state index is 3.51. The molecule has 0 aromatic carbocycles. The van der Waals surface area contributed by atoms with E-state index in [4.69, 9.17) is 0 Å². The summed E-state index contributed by atoms with van der Waals surface area (Å²) in [5.41, 5.74) is 0. The van der Waals surface area contributed by atoms with Crippen LogP contribution in [-0.2, 0) is 0 Å². The van der Waals surface area contributed by atoms with Crippen LogP contribution in [0.15, 0.2) is 0 Å². The van der Waals surface area contributed by atoms with Crippen molar-refractivity contribution in [2.75, 3.05) is 20.1 Å². The fourth-order valence-corrected chi connectivity index (χ4v) is 0.761. The fraction of sp³-hybridized carbons (Fsp3) is 1.00. The van der Waals surface area contributed by atoms with Crippen LogP contribution in [0.4, 0.5) is 0 Å². The van der Waals surface area contributed by atoms with Crippen LogP contribution >= 0.6 is 15.9 Å². The maximum Gasteiger partial charge on any atom is 0.0129 e. The Balaban J connectivity index is 3.06. The smallest absolute Gasteiger partial charge is 0.0129 e. The summed E-state index contributed by atoms with van der Waals surface area (Å²) in [6, 6.07) is 0. The Bertz CT molecular complexity index is 63.9. The third-order valence-electron chi connectivity index (χ3n) is 1.45. The highest BCUT2D eigenvalue weighted by atomic mass is 79.9. The first-order chi connectivity index (χ1) is 4.16. The lowest BCUT2D eigenvalue weighted by Gasteiger charge is -2.13. The van der Waals surface area contributed by atoms with Gasteiger partial charge in [0.15, 0.2) is 0 Å². The Morgan fingerprint density at radius 1 is 1.56 bits per heavy atom. The maximum atomic E-state index is 3.51. The molecule has 0 radical (unpaired) electrons. The molecule has 0 fully saturated rings. The van der Waals surface area contributed by atoms with Crippen molar-refractivity contribution in [2.24, 2.45) is 0 Å². The molecule has 1 atom stereocenters. The van der Waals surface area contributed by atoms with E-state index in [-0.39, 0.29) is 0 Å². The van der Waals surface area contributed by atoms with Crippen LogP contribution in [0.25, 0.3) is 0 Å². The van der Waals surface area contributed by atoms with E-state index in [2.05, 4.69) is 41.7 Å². The van der Waals surface area contributed by atoms with Gasteiger partial charge in [-0.15, -0.1) is 0 Å². The lowest BCUT2D eigenvalue weighted by molar-refractivity contribution is 0.348. The highest BCUT2D eigenvalue weighted by molar-refractivity contribution is 9.09. The van der Waals surface area contributed by atoms with E-state index in [0.717, 1.165) is 6.54 Å². The van der Waals surface area contributed by atoms with Crippen molar-refractivity contribution in [1.29, 1.82) is 0 Å². The number of nitrogens with zero attached hydrogens (tertiary/aromatic N) is 1. The predicted molar refractivity (Wildman–Crippen MR) is 46.2 cm³/mol. The fourth-order valence-electron chi connectivity index (χ4n) is 0.556. The Kier molecular flexibility index (Phi) is 5.50. The first kappa shape index (κ1) is 9.44. The second-order valence-electron chi connectivity index (χ2n) is 2.47. The third kappa shape index (κ3) is 6.32. The van der Waals surface area contributed by atoms with Crippen LogP contribution in [0.3, 0.4) is 0 Å². The van der Waals surface area contributed by atoms with Gasteiger partial charge >= 0.3 is 0 Å². The number of halogens is 1. The van der Waals surface area contributed by atoms with Crippen molar-refractivity contribution in [2.45, 2.75) is 25.1 Å². The van der Waals surface area contributed by atoms with Crippen LogP contribution in [0.2, 0.25) is 0 Å². The van der Waals surface area contributed by atoms with Crippen molar-refractivity contribution in [3.8, 4) is 0 Å². The molecule has 0 aliphatic carbocycles. The molecule has 0 heterocycles. The van der Waals surface area contributed by atoms with E-state index in [9.17, 15) is 0 Å². The second kappa shape index (κ2) is 5.24. The SMILES string of the molecule is CCN(C)CCC(C)Br. The minimum atomic E-state index is 0.659. The van der Waals surface area contributed by atoms with Gasteiger partial charge in [-0.3, -0.25) is 0 Å². The average Bonchev–Trinajstić information content (AvgIpc) is 1.83.